The van der Waals surface area contributed by atoms with Crippen molar-refractivity contribution in [2.75, 3.05) is 25.2 Å². The minimum absolute atomic E-state index is 0.0380. The molecule has 1 amide bonds. The second kappa shape index (κ2) is 10.3. The number of carbonyl (C=O) groups is 2. The average Bonchev–Trinajstić information content (AvgIpc) is 3.05. The average molecular weight is 498 g/mol. The van der Waals surface area contributed by atoms with Gasteiger partial charge in [-0.3, -0.25) is 9.69 Å². The molecular formula is C22H18F3NO5S2. The van der Waals surface area contributed by atoms with Crippen LogP contribution in [-0.4, -0.2) is 36.5 Å². The second-order valence-electron chi connectivity index (χ2n) is 6.57. The zero-order chi connectivity index (χ0) is 24.2. The lowest BCUT2D eigenvalue weighted by atomic mass is 10.1. The smallest absolute Gasteiger partial charge is 0.416 e. The molecular weight excluding hydrogens is 479 g/mol. The zero-order valence-corrected chi connectivity index (χ0v) is 19.1. The van der Waals surface area contributed by atoms with Gasteiger partial charge < -0.3 is 14.2 Å². The Morgan fingerprint density at radius 3 is 2.61 bits per heavy atom. The number of thioether (sulfide) groups is 1. The number of amides is 1. The summed E-state index contributed by atoms with van der Waals surface area (Å²) >= 11 is 6.21. The van der Waals surface area contributed by atoms with Gasteiger partial charge in [0.05, 0.1) is 29.9 Å². The molecule has 1 heterocycles. The van der Waals surface area contributed by atoms with Gasteiger partial charge in [0, 0.05) is 0 Å². The summed E-state index contributed by atoms with van der Waals surface area (Å²) in [6, 6.07) is 9.22. The molecule has 2 aromatic carbocycles. The number of rotatable bonds is 7. The maximum Gasteiger partial charge on any atom is 0.416 e. The summed E-state index contributed by atoms with van der Waals surface area (Å²) in [5, 5.41) is 0. The van der Waals surface area contributed by atoms with E-state index in [1.807, 2.05) is 0 Å². The molecule has 0 saturated carbocycles. The predicted octanol–water partition coefficient (Wildman–Crippen LogP) is 5.06. The molecule has 33 heavy (non-hydrogen) atoms. The Labute approximate surface area is 197 Å². The number of alkyl halides is 3. The summed E-state index contributed by atoms with van der Waals surface area (Å²) in [6.07, 6.45) is -3.00. The van der Waals surface area contributed by atoms with Crippen LogP contribution in [0.2, 0.25) is 0 Å². The maximum absolute atomic E-state index is 13.1. The van der Waals surface area contributed by atoms with E-state index in [9.17, 15) is 22.8 Å². The van der Waals surface area contributed by atoms with Crippen LogP contribution in [0, 0.1) is 0 Å². The molecule has 0 bridgehead atoms. The highest BCUT2D eigenvalue weighted by atomic mass is 32.2. The van der Waals surface area contributed by atoms with Gasteiger partial charge >= 0.3 is 12.1 Å². The van der Waals surface area contributed by atoms with Crippen LogP contribution >= 0.6 is 24.0 Å². The predicted molar refractivity (Wildman–Crippen MR) is 122 cm³/mol. The Bertz CT molecular complexity index is 1120. The highest BCUT2D eigenvalue weighted by molar-refractivity contribution is 8.27. The highest BCUT2D eigenvalue weighted by Gasteiger charge is 2.36. The van der Waals surface area contributed by atoms with E-state index in [0.29, 0.717) is 17.1 Å². The molecule has 0 unspecified atom stereocenters. The van der Waals surface area contributed by atoms with Crippen LogP contribution < -0.4 is 14.4 Å². The fraction of sp³-hybridized carbons (Fsp3) is 0.227. The van der Waals surface area contributed by atoms with E-state index >= 15 is 0 Å². The van der Waals surface area contributed by atoms with Gasteiger partial charge in [-0.1, -0.05) is 36.1 Å². The molecule has 0 atom stereocenters. The number of carbonyl (C=O) groups excluding carboxylic acids is 2. The third-order valence-corrected chi connectivity index (χ3v) is 5.66. The lowest BCUT2D eigenvalue weighted by Crippen LogP contribution is -2.27. The highest BCUT2D eigenvalue weighted by Crippen LogP contribution is 2.39. The summed E-state index contributed by atoms with van der Waals surface area (Å²) in [4.78, 5) is 25.7. The topological polar surface area (TPSA) is 65.1 Å². The molecule has 1 aliphatic heterocycles. The van der Waals surface area contributed by atoms with Crippen molar-refractivity contribution in [3.63, 3.8) is 0 Å². The van der Waals surface area contributed by atoms with E-state index in [4.69, 9.17) is 26.4 Å². The largest absolute Gasteiger partial charge is 0.493 e. The molecule has 1 aliphatic rings. The van der Waals surface area contributed by atoms with Crippen LogP contribution in [0.25, 0.3) is 6.08 Å². The quantitative estimate of drug-likeness (QED) is 0.301. The molecule has 11 heteroatoms. The number of halogens is 3. The molecule has 0 aliphatic carbocycles. The summed E-state index contributed by atoms with van der Waals surface area (Å²) in [7, 11) is 1.42. The van der Waals surface area contributed by atoms with E-state index in [2.05, 4.69) is 0 Å². The van der Waals surface area contributed by atoms with Crippen molar-refractivity contribution >= 4 is 51.9 Å². The SMILES string of the molecule is CCOC(=O)COc1ccc(C=C2SC(=S)N(c3cccc(C(F)(F)F)c3)C2=O)cc1OC. The number of hydrogen-bond donors (Lipinski definition) is 0. The van der Waals surface area contributed by atoms with Gasteiger partial charge in [0.2, 0.25) is 0 Å². The number of benzene rings is 2. The second-order valence-corrected chi connectivity index (χ2v) is 8.24. The lowest BCUT2D eigenvalue weighted by molar-refractivity contribution is -0.145. The lowest BCUT2D eigenvalue weighted by Gasteiger charge is -2.16. The van der Waals surface area contributed by atoms with Crippen molar-refractivity contribution in [1.82, 2.24) is 0 Å². The van der Waals surface area contributed by atoms with Gasteiger partial charge in [0.25, 0.3) is 5.91 Å². The minimum Gasteiger partial charge on any atom is -0.493 e. The number of nitrogens with zero attached hydrogens (tertiary/aromatic N) is 1. The maximum atomic E-state index is 13.1. The zero-order valence-electron chi connectivity index (χ0n) is 17.5. The van der Waals surface area contributed by atoms with Crippen LogP contribution in [0.5, 0.6) is 11.5 Å². The van der Waals surface area contributed by atoms with Crippen LogP contribution in [0.4, 0.5) is 18.9 Å². The number of thiocarbonyl (C=S) groups is 1. The summed E-state index contributed by atoms with van der Waals surface area (Å²) < 4.78 is 54.8. The van der Waals surface area contributed by atoms with Crippen molar-refractivity contribution in [2.45, 2.75) is 13.1 Å². The number of anilines is 1. The number of hydrogen-bond acceptors (Lipinski definition) is 7. The first kappa shape index (κ1) is 24.6. The molecule has 6 nitrogen and oxygen atoms in total. The van der Waals surface area contributed by atoms with Gasteiger partial charge in [-0.15, -0.1) is 0 Å². The summed E-state index contributed by atoms with van der Waals surface area (Å²) in [6.45, 7) is 1.62. The number of esters is 1. The first-order chi connectivity index (χ1) is 15.6. The van der Waals surface area contributed by atoms with E-state index in [-0.39, 0.29) is 28.1 Å². The Morgan fingerprint density at radius 2 is 1.94 bits per heavy atom. The van der Waals surface area contributed by atoms with Crippen LogP contribution in [-0.2, 0) is 20.5 Å². The Morgan fingerprint density at radius 1 is 1.18 bits per heavy atom. The van der Waals surface area contributed by atoms with E-state index < -0.39 is 23.6 Å². The molecule has 1 fully saturated rings. The van der Waals surface area contributed by atoms with Gasteiger partial charge in [-0.05, 0) is 48.9 Å². The monoisotopic (exact) mass is 497 g/mol. The molecule has 0 radical (unpaired) electrons. The first-order valence-corrected chi connectivity index (χ1v) is 10.8. The van der Waals surface area contributed by atoms with E-state index in [0.717, 1.165) is 28.8 Å². The first-order valence-electron chi connectivity index (χ1n) is 9.55. The molecule has 0 N–H and O–H groups in total. The molecule has 0 spiro atoms. The van der Waals surface area contributed by atoms with Gasteiger partial charge in [-0.2, -0.15) is 13.2 Å². The Kier molecular flexibility index (Phi) is 7.65. The molecule has 3 rings (SSSR count). The van der Waals surface area contributed by atoms with Crippen molar-refractivity contribution in [3.05, 3.63) is 58.5 Å². The van der Waals surface area contributed by atoms with Crippen molar-refractivity contribution in [3.8, 4) is 11.5 Å². The van der Waals surface area contributed by atoms with Gasteiger partial charge in [0.1, 0.15) is 0 Å². The standard InChI is InChI=1S/C22H18F3NO5S2/c1-3-30-19(27)12-31-16-8-7-13(9-17(16)29-2)10-18-20(28)26(21(32)33-18)15-6-4-5-14(11-15)22(23,24)25/h4-11H,3,12H2,1-2H3. The third kappa shape index (κ3) is 5.85. The molecule has 0 aromatic heterocycles. The van der Waals surface area contributed by atoms with Gasteiger partial charge in [-0.25, -0.2) is 4.79 Å². The number of ether oxygens (including phenoxy) is 3. The molecule has 1 saturated heterocycles. The van der Waals surface area contributed by atoms with Crippen molar-refractivity contribution in [2.24, 2.45) is 0 Å². The summed E-state index contributed by atoms with van der Waals surface area (Å²) in [5.41, 5.74) is -0.267. The fourth-order valence-electron chi connectivity index (χ4n) is 2.90. The van der Waals surface area contributed by atoms with Crippen molar-refractivity contribution < 1.29 is 37.0 Å². The van der Waals surface area contributed by atoms with E-state index in [1.54, 1.807) is 31.2 Å². The third-order valence-electron chi connectivity index (χ3n) is 4.36. The van der Waals surface area contributed by atoms with Crippen LogP contribution in [0.1, 0.15) is 18.1 Å². The van der Waals surface area contributed by atoms with Crippen LogP contribution in [0.3, 0.4) is 0 Å². The Hall–Kier alpha value is -3.05. The number of methoxy groups -OCH3 is 1. The normalized spacial score (nSPS) is 15.2. The summed E-state index contributed by atoms with van der Waals surface area (Å²) in [5.74, 6) is -0.437. The minimum atomic E-state index is -4.54. The molecule has 2 aromatic rings. The molecule has 174 valence electrons. The van der Waals surface area contributed by atoms with Crippen molar-refractivity contribution in [1.29, 1.82) is 0 Å². The van der Waals surface area contributed by atoms with Crippen LogP contribution in [0.15, 0.2) is 47.4 Å². The Balaban J connectivity index is 1.82. The van der Waals surface area contributed by atoms with Gasteiger partial charge in [0.15, 0.2) is 22.4 Å². The fourth-order valence-corrected chi connectivity index (χ4v) is 4.19. The van der Waals surface area contributed by atoms with E-state index in [1.165, 1.54) is 19.2 Å².